The molecule has 1 aliphatic rings. The Hall–Kier alpha value is -2.25. The van der Waals surface area contributed by atoms with E-state index in [0.717, 1.165) is 12.5 Å². The topological polar surface area (TPSA) is 97.7 Å². The Morgan fingerprint density at radius 3 is 2.45 bits per heavy atom. The Kier molecular flexibility index (Phi) is 3.26. The van der Waals surface area contributed by atoms with Gasteiger partial charge in [-0.2, -0.15) is 8.42 Å². The first-order chi connectivity index (χ1) is 10.3. The van der Waals surface area contributed by atoms with Crippen LogP contribution < -0.4 is 0 Å². The van der Waals surface area contributed by atoms with E-state index in [9.17, 15) is 22.6 Å². The molecular formula is C15H12O6S. The van der Waals surface area contributed by atoms with Gasteiger partial charge in [-0.3, -0.25) is 4.55 Å². The number of carbonyl (C=O) groups excluding carboxylic acids is 2. The average molecular weight is 320 g/mol. The van der Waals surface area contributed by atoms with Crippen molar-refractivity contribution >= 4 is 32.8 Å². The molecule has 0 amide bonds. The van der Waals surface area contributed by atoms with Crippen molar-refractivity contribution in [2.24, 2.45) is 0 Å². The van der Waals surface area contributed by atoms with E-state index in [1.165, 1.54) is 12.1 Å². The molecule has 3 rings (SSSR count). The fourth-order valence-electron chi connectivity index (χ4n) is 2.76. The summed E-state index contributed by atoms with van der Waals surface area (Å²) in [5.41, 5.74) is 0.996. The minimum atomic E-state index is -4.47. The molecule has 0 atom stereocenters. The normalized spacial score (nSPS) is 14.3. The number of carbonyl (C=O) groups is 2. The van der Waals surface area contributed by atoms with E-state index in [4.69, 9.17) is 4.74 Å². The van der Waals surface area contributed by atoms with Crippen molar-refractivity contribution in [2.45, 2.75) is 24.7 Å². The van der Waals surface area contributed by atoms with Crippen molar-refractivity contribution < 1.29 is 27.3 Å². The Morgan fingerprint density at radius 2 is 1.82 bits per heavy atom. The molecule has 2 aromatic carbocycles. The summed E-state index contributed by atoms with van der Waals surface area (Å²) in [6.07, 6.45) is 1.36. The Balaban J connectivity index is 2.51. The molecule has 22 heavy (non-hydrogen) atoms. The summed E-state index contributed by atoms with van der Waals surface area (Å²) in [5, 5.41) is 0.363. The van der Waals surface area contributed by atoms with Gasteiger partial charge in [0.2, 0.25) is 0 Å². The second-order valence-corrected chi connectivity index (χ2v) is 6.43. The largest absolute Gasteiger partial charge is 0.386 e. The minimum absolute atomic E-state index is 0.120. The van der Waals surface area contributed by atoms with Gasteiger partial charge in [0.05, 0.1) is 11.1 Å². The van der Waals surface area contributed by atoms with Crippen LogP contribution in [0.15, 0.2) is 29.2 Å². The van der Waals surface area contributed by atoms with Gasteiger partial charge in [0.15, 0.2) is 0 Å². The van der Waals surface area contributed by atoms with Crippen molar-refractivity contribution in [2.75, 3.05) is 0 Å². The third-order valence-corrected chi connectivity index (χ3v) is 4.55. The highest BCUT2D eigenvalue weighted by atomic mass is 32.2. The summed E-state index contributed by atoms with van der Waals surface area (Å²) in [7, 11) is -4.47. The van der Waals surface area contributed by atoms with Crippen molar-refractivity contribution in [1.29, 1.82) is 0 Å². The lowest BCUT2D eigenvalue weighted by molar-refractivity contribution is 0.0390. The van der Waals surface area contributed by atoms with Crippen LogP contribution in [0.5, 0.6) is 0 Å². The first-order valence-corrected chi connectivity index (χ1v) is 8.11. The molecule has 0 saturated heterocycles. The molecule has 1 aliphatic heterocycles. The van der Waals surface area contributed by atoms with Crippen molar-refractivity contribution in [3.8, 4) is 0 Å². The number of hydrogen-bond donors (Lipinski definition) is 1. The van der Waals surface area contributed by atoms with Crippen LogP contribution in [0.4, 0.5) is 0 Å². The highest BCUT2D eigenvalue weighted by molar-refractivity contribution is 7.86. The molecule has 1 N–H and O–H groups in total. The van der Waals surface area contributed by atoms with Crippen LogP contribution in [-0.4, -0.2) is 24.9 Å². The Morgan fingerprint density at radius 1 is 1.09 bits per heavy atom. The van der Waals surface area contributed by atoms with Gasteiger partial charge in [-0.25, -0.2) is 9.59 Å². The van der Waals surface area contributed by atoms with Crippen molar-refractivity contribution in [3.63, 3.8) is 0 Å². The van der Waals surface area contributed by atoms with Gasteiger partial charge in [0.1, 0.15) is 4.90 Å². The van der Waals surface area contributed by atoms with Crippen LogP contribution >= 0.6 is 0 Å². The molecule has 0 radical (unpaired) electrons. The molecule has 114 valence electrons. The van der Waals surface area contributed by atoms with Gasteiger partial charge in [-0.1, -0.05) is 25.5 Å². The maximum Gasteiger partial charge on any atom is 0.346 e. The van der Waals surface area contributed by atoms with Crippen LogP contribution in [0.25, 0.3) is 10.8 Å². The quantitative estimate of drug-likeness (QED) is 0.529. The van der Waals surface area contributed by atoms with Gasteiger partial charge in [-0.15, -0.1) is 0 Å². The van der Waals surface area contributed by atoms with Crippen molar-refractivity contribution in [3.05, 3.63) is 41.0 Å². The monoisotopic (exact) mass is 320 g/mol. The number of benzene rings is 2. The number of rotatable bonds is 3. The molecule has 0 spiro atoms. The molecule has 6 nitrogen and oxygen atoms in total. The van der Waals surface area contributed by atoms with E-state index in [0.29, 0.717) is 12.0 Å². The lowest BCUT2D eigenvalue weighted by atomic mass is 9.91. The van der Waals surface area contributed by atoms with Gasteiger partial charge in [-0.05, 0) is 24.1 Å². The molecule has 0 aromatic heterocycles. The lowest BCUT2D eigenvalue weighted by Crippen LogP contribution is -2.22. The van der Waals surface area contributed by atoms with E-state index < -0.39 is 22.1 Å². The van der Waals surface area contributed by atoms with E-state index in [-0.39, 0.29) is 26.8 Å². The van der Waals surface area contributed by atoms with Crippen LogP contribution in [0.3, 0.4) is 0 Å². The number of cyclic esters (lactones) is 2. The Bertz CT molecular complexity index is 927. The lowest BCUT2D eigenvalue weighted by Gasteiger charge is -2.19. The molecule has 2 aromatic rings. The van der Waals surface area contributed by atoms with Crippen LogP contribution in [-0.2, 0) is 21.3 Å². The second-order valence-electron chi connectivity index (χ2n) is 5.04. The highest BCUT2D eigenvalue weighted by Gasteiger charge is 2.31. The van der Waals surface area contributed by atoms with Gasteiger partial charge in [0, 0.05) is 10.8 Å². The molecule has 0 fully saturated rings. The van der Waals surface area contributed by atoms with Crippen molar-refractivity contribution in [1.82, 2.24) is 0 Å². The zero-order valence-electron chi connectivity index (χ0n) is 11.6. The minimum Gasteiger partial charge on any atom is -0.386 e. The first kappa shape index (κ1) is 14.7. The fourth-order valence-corrected chi connectivity index (χ4v) is 3.45. The SMILES string of the molecule is CCCc1ccc2c(S(=O)(=O)O)ccc3c2c1C(=O)OC3=O. The number of ether oxygens (including phenoxy) is 1. The molecule has 0 aliphatic carbocycles. The fraction of sp³-hybridized carbons (Fsp3) is 0.200. The zero-order chi connectivity index (χ0) is 16.1. The van der Waals surface area contributed by atoms with Crippen LogP contribution in [0.2, 0.25) is 0 Å². The number of hydrogen-bond acceptors (Lipinski definition) is 5. The number of esters is 2. The van der Waals surface area contributed by atoms with E-state index in [1.54, 1.807) is 6.07 Å². The zero-order valence-corrected chi connectivity index (χ0v) is 12.4. The summed E-state index contributed by atoms with van der Waals surface area (Å²) in [4.78, 5) is 23.6. The third-order valence-electron chi connectivity index (χ3n) is 3.63. The summed E-state index contributed by atoms with van der Waals surface area (Å²) in [6.45, 7) is 1.94. The third kappa shape index (κ3) is 2.10. The summed E-state index contributed by atoms with van der Waals surface area (Å²) in [6, 6.07) is 5.51. The predicted molar refractivity (Wildman–Crippen MR) is 77.5 cm³/mol. The molecule has 0 unspecified atom stereocenters. The van der Waals surface area contributed by atoms with Gasteiger partial charge in [0.25, 0.3) is 10.1 Å². The summed E-state index contributed by atoms with van der Waals surface area (Å²) >= 11 is 0. The second kappa shape index (κ2) is 4.89. The van der Waals surface area contributed by atoms with E-state index >= 15 is 0 Å². The standard InChI is InChI=1S/C15H12O6S/c1-2-3-8-4-5-9-11(22(18,19)20)7-6-10-13(9)12(8)15(17)21-14(10)16/h4-7H,2-3H2,1H3,(H,18,19,20). The average Bonchev–Trinajstić information content (AvgIpc) is 2.43. The molecular weight excluding hydrogens is 308 g/mol. The summed E-state index contributed by atoms with van der Waals surface area (Å²) in [5.74, 6) is -1.61. The van der Waals surface area contributed by atoms with E-state index in [2.05, 4.69) is 0 Å². The highest BCUT2D eigenvalue weighted by Crippen LogP contribution is 2.35. The molecule has 7 heteroatoms. The van der Waals surface area contributed by atoms with Gasteiger partial charge >= 0.3 is 11.9 Å². The molecule has 1 heterocycles. The summed E-state index contributed by atoms with van der Waals surface area (Å²) < 4.78 is 37.1. The smallest absolute Gasteiger partial charge is 0.346 e. The predicted octanol–water partition coefficient (Wildman–Crippen LogP) is 2.35. The van der Waals surface area contributed by atoms with Crippen LogP contribution in [0.1, 0.15) is 39.6 Å². The maximum absolute atomic E-state index is 12.1. The Labute approximate surface area is 126 Å². The first-order valence-electron chi connectivity index (χ1n) is 6.67. The number of aryl methyl sites for hydroxylation is 1. The van der Waals surface area contributed by atoms with E-state index in [1.807, 2.05) is 6.92 Å². The molecule has 0 saturated carbocycles. The van der Waals surface area contributed by atoms with Crippen LogP contribution in [0, 0.1) is 0 Å². The van der Waals surface area contributed by atoms with Gasteiger partial charge < -0.3 is 4.74 Å². The molecule has 0 bridgehead atoms. The maximum atomic E-state index is 12.1.